The smallest absolute Gasteiger partial charge is 0.326 e. The Balaban J connectivity index is 2.92. The molecule has 0 heterocycles. The molecule has 5 nitrogen and oxygen atoms in total. The average Bonchev–Trinajstić information content (AvgIpc) is 2.72. The lowest BCUT2D eigenvalue weighted by atomic mass is 9.98. The Bertz CT molecular complexity index is 333. The van der Waals surface area contributed by atoms with E-state index >= 15 is 0 Å². The molecule has 5 heteroatoms. The van der Waals surface area contributed by atoms with Crippen LogP contribution in [0.1, 0.15) is 40.5 Å². The predicted octanol–water partition coefficient (Wildman–Crippen LogP) is 0.910. The molecule has 3 N–H and O–H groups in total. The van der Waals surface area contributed by atoms with E-state index in [-0.39, 0.29) is 6.42 Å². The minimum Gasteiger partial charge on any atom is -0.480 e. The molecule has 0 spiro atoms. The number of esters is 1. The second-order valence-corrected chi connectivity index (χ2v) is 5.40. The van der Waals surface area contributed by atoms with E-state index in [1.807, 2.05) is 0 Å². The van der Waals surface area contributed by atoms with Crippen LogP contribution in [0.2, 0.25) is 0 Å². The van der Waals surface area contributed by atoms with Gasteiger partial charge in [0.15, 0.2) is 5.41 Å². The van der Waals surface area contributed by atoms with Crippen molar-refractivity contribution in [2.45, 2.75) is 51.7 Å². The van der Waals surface area contributed by atoms with Crippen molar-refractivity contribution in [1.82, 2.24) is 0 Å². The van der Waals surface area contributed by atoms with Gasteiger partial charge in [-0.3, -0.25) is 9.59 Å². The van der Waals surface area contributed by atoms with E-state index < -0.39 is 28.5 Å². The number of carboxylic acids is 1. The van der Waals surface area contributed by atoms with Gasteiger partial charge in [0.25, 0.3) is 0 Å². The third-order valence-electron chi connectivity index (χ3n) is 3.05. The Morgan fingerprint density at radius 2 is 1.94 bits per heavy atom. The summed E-state index contributed by atoms with van der Waals surface area (Å²) in [4.78, 5) is 23.1. The molecule has 1 aliphatic rings. The standard InChI is InChI=1S/C11H19NO4/c1-5-10(12)6-11(10,7(13)14)8(15)16-9(2,3)4/h5-6,12H2,1-4H3,(H,13,14)/t10-,11+/m1/s1. The van der Waals surface area contributed by atoms with E-state index in [1.165, 1.54) is 0 Å². The molecule has 0 bridgehead atoms. The van der Waals surface area contributed by atoms with Crippen molar-refractivity contribution >= 4 is 11.9 Å². The van der Waals surface area contributed by atoms with Crippen LogP contribution in [0.25, 0.3) is 0 Å². The molecule has 0 radical (unpaired) electrons. The molecule has 0 saturated heterocycles. The lowest BCUT2D eigenvalue weighted by Crippen LogP contribution is -2.43. The van der Waals surface area contributed by atoms with Gasteiger partial charge in [0.2, 0.25) is 0 Å². The first-order chi connectivity index (χ1) is 7.09. The van der Waals surface area contributed by atoms with Gasteiger partial charge < -0.3 is 15.6 Å². The normalized spacial score (nSPS) is 33.3. The summed E-state index contributed by atoms with van der Waals surface area (Å²) in [5.74, 6) is -1.91. The maximum absolute atomic E-state index is 11.9. The molecule has 2 atom stereocenters. The van der Waals surface area contributed by atoms with Crippen LogP contribution in [0, 0.1) is 5.41 Å². The van der Waals surface area contributed by atoms with E-state index in [4.69, 9.17) is 15.6 Å². The lowest BCUT2D eigenvalue weighted by Gasteiger charge is -2.24. The minimum atomic E-state index is -1.55. The van der Waals surface area contributed by atoms with Crippen molar-refractivity contribution in [2.24, 2.45) is 11.1 Å². The van der Waals surface area contributed by atoms with Gasteiger partial charge >= 0.3 is 11.9 Å². The summed E-state index contributed by atoms with van der Waals surface area (Å²) in [5, 5.41) is 9.16. The molecular weight excluding hydrogens is 210 g/mol. The van der Waals surface area contributed by atoms with Crippen molar-refractivity contribution in [1.29, 1.82) is 0 Å². The second-order valence-electron chi connectivity index (χ2n) is 5.40. The fourth-order valence-corrected chi connectivity index (χ4v) is 1.87. The fourth-order valence-electron chi connectivity index (χ4n) is 1.87. The van der Waals surface area contributed by atoms with Crippen LogP contribution in [0.3, 0.4) is 0 Å². The SMILES string of the molecule is CC[C@@]1(N)C[C@]1(C(=O)O)C(=O)OC(C)(C)C. The summed E-state index contributed by atoms with van der Waals surface area (Å²) in [6, 6.07) is 0. The van der Waals surface area contributed by atoms with Crippen molar-refractivity contribution in [3.8, 4) is 0 Å². The van der Waals surface area contributed by atoms with Gasteiger partial charge in [-0.15, -0.1) is 0 Å². The number of nitrogens with two attached hydrogens (primary N) is 1. The van der Waals surface area contributed by atoms with E-state index in [0.717, 1.165) is 0 Å². The summed E-state index contributed by atoms with van der Waals surface area (Å²) < 4.78 is 5.12. The largest absolute Gasteiger partial charge is 0.480 e. The highest BCUT2D eigenvalue weighted by Crippen LogP contribution is 2.57. The number of carbonyl (C=O) groups excluding carboxylic acids is 1. The summed E-state index contributed by atoms with van der Waals surface area (Å²) in [7, 11) is 0. The first-order valence-corrected chi connectivity index (χ1v) is 5.35. The molecule has 0 aromatic heterocycles. The molecule has 0 unspecified atom stereocenters. The van der Waals surface area contributed by atoms with Crippen molar-refractivity contribution in [3.63, 3.8) is 0 Å². The number of rotatable bonds is 3. The Morgan fingerprint density at radius 1 is 1.44 bits per heavy atom. The quantitative estimate of drug-likeness (QED) is 0.554. The maximum Gasteiger partial charge on any atom is 0.326 e. The summed E-state index contributed by atoms with van der Waals surface area (Å²) in [6.07, 6.45) is 0.597. The fraction of sp³-hybridized carbons (Fsp3) is 0.818. The highest BCUT2D eigenvalue weighted by molar-refractivity contribution is 6.05. The van der Waals surface area contributed by atoms with Crippen molar-refractivity contribution in [3.05, 3.63) is 0 Å². The first-order valence-electron chi connectivity index (χ1n) is 5.35. The zero-order valence-corrected chi connectivity index (χ0v) is 10.2. The molecular formula is C11H19NO4. The van der Waals surface area contributed by atoms with Gasteiger partial charge in [0.05, 0.1) is 0 Å². The molecule has 0 aromatic rings. The van der Waals surface area contributed by atoms with Crippen LogP contribution in [-0.2, 0) is 14.3 Å². The summed E-state index contributed by atoms with van der Waals surface area (Å²) >= 11 is 0. The van der Waals surface area contributed by atoms with Crippen LogP contribution >= 0.6 is 0 Å². The number of hydrogen-bond acceptors (Lipinski definition) is 4. The Kier molecular flexibility index (Phi) is 2.79. The molecule has 1 saturated carbocycles. The van der Waals surface area contributed by atoms with Gasteiger partial charge in [0, 0.05) is 5.54 Å². The van der Waals surface area contributed by atoms with Crippen molar-refractivity contribution < 1.29 is 19.4 Å². The molecule has 1 rings (SSSR count). The molecule has 1 aliphatic carbocycles. The van der Waals surface area contributed by atoms with Crippen LogP contribution in [0.5, 0.6) is 0 Å². The van der Waals surface area contributed by atoms with Crippen LogP contribution < -0.4 is 5.73 Å². The first kappa shape index (κ1) is 13.0. The second kappa shape index (κ2) is 3.45. The van der Waals surface area contributed by atoms with E-state index in [1.54, 1.807) is 27.7 Å². The van der Waals surface area contributed by atoms with Gasteiger partial charge in [-0.2, -0.15) is 0 Å². The Labute approximate surface area is 95.0 Å². The molecule has 1 fully saturated rings. The molecule has 92 valence electrons. The number of hydrogen-bond donors (Lipinski definition) is 2. The monoisotopic (exact) mass is 229 g/mol. The summed E-state index contributed by atoms with van der Waals surface area (Å²) in [6.45, 7) is 6.88. The summed E-state index contributed by atoms with van der Waals surface area (Å²) in [5.41, 5.74) is 2.66. The van der Waals surface area contributed by atoms with E-state index in [2.05, 4.69) is 0 Å². The van der Waals surface area contributed by atoms with Gasteiger partial charge in [0.1, 0.15) is 5.60 Å². The highest BCUT2D eigenvalue weighted by atomic mass is 16.6. The zero-order valence-electron chi connectivity index (χ0n) is 10.2. The average molecular weight is 229 g/mol. The van der Waals surface area contributed by atoms with Crippen LogP contribution in [0.15, 0.2) is 0 Å². The Morgan fingerprint density at radius 3 is 2.19 bits per heavy atom. The number of aliphatic carboxylic acids is 1. The number of ether oxygens (including phenoxy) is 1. The molecule has 0 aliphatic heterocycles. The molecule has 16 heavy (non-hydrogen) atoms. The van der Waals surface area contributed by atoms with Gasteiger partial charge in [-0.25, -0.2) is 0 Å². The van der Waals surface area contributed by atoms with E-state index in [9.17, 15) is 9.59 Å². The van der Waals surface area contributed by atoms with E-state index in [0.29, 0.717) is 6.42 Å². The maximum atomic E-state index is 11.9. The Hall–Kier alpha value is -1.10. The van der Waals surface area contributed by atoms with Crippen LogP contribution in [0.4, 0.5) is 0 Å². The number of carbonyl (C=O) groups is 2. The minimum absolute atomic E-state index is 0.154. The zero-order chi connectivity index (χ0) is 12.8. The topological polar surface area (TPSA) is 89.6 Å². The van der Waals surface area contributed by atoms with Gasteiger partial charge in [-0.05, 0) is 33.6 Å². The predicted molar refractivity (Wildman–Crippen MR) is 57.7 cm³/mol. The van der Waals surface area contributed by atoms with Crippen molar-refractivity contribution in [2.75, 3.05) is 0 Å². The molecule has 0 amide bonds. The van der Waals surface area contributed by atoms with Gasteiger partial charge in [-0.1, -0.05) is 6.92 Å². The lowest BCUT2D eigenvalue weighted by molar-refractivity contribution is -0.170. The molecule has 0 aromatic carbocycles. The van der Waals surface area contributed by atoms with Crippen LogP contribution in [-0.4, -0.2) is 28.2 Å². The third kappa shape index (κ3) is 1.80. The number of carboxylic acid groups (broad SMARTS) is 1. The third-order valence-corrected chi connectivity index (χ3v) is 3.05. The highest BCUT2D eigenvalue weighted by Gasteiger charge is 2.76.